The van der Waals surface area contributed by atoms with Gasteiger partial charge in [-0.15, -0.1) is 0 Å². The highest BCUT2D eigenvalue weighted by Gasteiger charge is 2.28. The zero-order chi connectivity index (χ0) is 14.8. The Hall–Kier alpha value is -1.20. The van der Waals surface area contributed by atoms with Crippen LogP contribution in [0.2, 0.25) is 0 Å². The van der Waals surface area contributed by atoms with Crippen LogP contribution in [-0.4, -0.2) is 44.2 Å². The van der Waals surface area contributed by atoms with E-state index in [0.29, 0.717) is 31.6 Å². The van der Waals surface area contributed by atoms with E-state index in [1.807, 2.05) is 4.90 Å². The molecule has 1 saturated heterocycles. The Kier molecular flexibility index (Phi) is 4.40. The molecule has 3 nitrogen and oxygen atoms in total. The van der Waals surface area contributed by atoms with Crippen LogP contribution < -0.4 is 10.6 Å². The van der Waals surface area contributed by atoms with Gasteiger partial charge in [0.2, 0.25) is 0 Å². The van der Waals surface area contributed by atoms with Gasteiger partial charge in [-0.1, -0.05) is 0 Å². The van der Waals surface area contributed by atoms with Crippen molar-refractivity contribution in [2.45, 2.75) is 19.3 Å². The minimum absolute atomic E-state index is 0.127. The molecule has 1 heterocycles. The smallest absolute Gasteiger partial charge is 0.149 e. The summed E-state index contributed by atoms with van der Waals surface area (Å²) < 4.78 is 28.4. The Morgan fingerprint density at radius 1 is 1.05 bits per heavy atom. The molecule has 1 aromatic carbocycles. The highest BCUT2D eigenvalue weighted by Crippen LogP contribution is 2.31. The monoisotopic (exact) mass is 295 g/mol. The van der Waals surface area contributed by atoms with Crippen LogP contribution in [0.25, 0.3) is 0 Å². The Labute approximate surface area is 124 Å². The molecule has 3 rings (SSSR count). The van der Waals surface area contributed by atoms with Gasteiger partial charge in [0.25, 0.3) is 0 Å². The van der Waals surface area contributed by atoms with Gasteiger partial charge in [-0.25, -0.2) is 8.78 Å². The van der Waals surface area contributed by atoms with Crippen molar-refractivity contribution in [1.29, 1.82) is 0 Å². The first-order valence-corrected chi connectivity index (χ1v) is 7.82. The van der Waals surface area contributed by atoms with Crippen LogP contribution in [0.4, 0.5) is 14.5 Å². The van der Waals surface area contributed by atoms with Gasteiger partial charge < -0.3 is 10.6 Å². The Bertz CT molecular complexity index is 471. The largest absolute Gasteiger partial charge is 0.364 e. The molecule has 5 heteroatoms. The summed E-state index contributed by atoms with van der Waals surface area (Å²) in [6.45, 7) is 4.71. The second-order valence-electron chi connectivity index (χ2n) is 6.18. The van der Waals surface area contributed by atoms with E-state index in [1.54, 1.807) is 0 Å². The van der Waals surface area contributed by atoms with Crippen molar-refractivity contribution in [1.82, 2.24) is 4.90 Å². The Morgan fingerprint density at radius 2 is 1.67 bits per heavy atom. The summed E-state index contributed by atoms with van der Waals surface area (Å²) >= 11 is 0. The number of halogens is 2. The molecule has 116 valence electrons. The molecule has 21 heavy (non-hydrogen) atoms. The molecule has 0 unspecified atom stereocenters. The molecule has 2 N–H and O–H groups in total. The SMILES string of the molecule is NCCc1cc(F)c(N2CCN(CC3CC3)CC2)c(F)c1. The number of nitrogens with zero attached hydrogens (tertiary/aromatic N) is 2. The summed E-state index contributed by atoms with van der Waals surface area (Å²) in [6, 6.07) is 2.84. The second kappa shape index (κ2) is 6.28. The minimum Gasteiger partial charge on any atom is -0.364 e. The zero-order valence-electron chi connectivity index (χ0n) is 12.3. The second-order valence-corrected chi connectivity index (χ2v) is 6.18. The quantitative estimate of drug-likeness (QED) is 0.902. The van der Waals surface area contributed by atoms with Gasteiger partial charge in [0, 0.05) is 32.7 Å². The van der Waals surface area contributed by atoms with Crippen molar-refractivity contribution in [3.63, 3.8) is 0 Å². The van der Waals surface area contributed by atoms with Gasteiger partial charge in [0.1, 0.15) is 17.3 Å². The van der Waals surface area contributed by atoms with Crippen molar-refractivity contribution >= 4 is 5.69 Å². The topological polar surface area (TPSA) is 32.5 Å². The third kappa shape index (κ3) is 3.52. The molecular formula is C16H23F2N3. The van der Waals surface area contributed by atoms with Gasteiger partial charge in [-0.05, 0) is 49.4 Å². The van der Waals surface area contributed by atoms with Crippen LogP contribution in [0.3, 0.4) is 0 Å². The fourth-order valence-corrected chi connectivity index (χ4v) is 3.05. The fourth-order valence-electron chi connectivity index (χ4n) is 3.05. The lowest BCUT2D eigenvalue weighted by Crippen LogP contribution is -2.47. The molecule has 0 atom stereocenters. The maximum Gasteiger partial charge on any atom is 0.149 e. The van der Waals surface area contributed by atoms with Crippen molar-refractivity contribution < 1.29 is 8.78 Å². The van der Waals surface area contributed by atoms with E-state index in [2.05, 4.69) is 4.90 Å². The van der Waals surface area contributed by atoms with Crippen LogP contribution in [0.5, 0.6) is 0 Å². The van der Waals surface area contributed by atoms with E-state index in [9.17, 15) is 8.78 Å². The predicted molar refractivity (Wildman–Crippen MR) is 80.5 cm³/mol. The van der Waals surface area contributed by atoms with Gasteiger partial charge in [-0.3, -0.25) is 4.90 Å². The molecule has 0 bridgehead atoms. The fraction of sp³-hybridized carbons (Fsp3) is 0.625. The molecule has 2 aliphatic rings. The van der Waals surface area contributed by atoms with Gasteiger partial charge in [0.15, 0.2) is 0 Å². The highest BCUT2D eigenvalue weighted by molar-refractivity contribution is 5.51. The Balaban J connectivity index is 1.66. The molecule has 0 radical (unpaired) electrons. The Morgan fingerprint density at radius 3 is 2.19 bits per heavy atom. The molecule has 1 saturated carbocycles. The van der Waals surface area contributed by atoms with E-state index >= 15 is 0 Å². The molecule has 2 fully saturated rings. The van der Waals surface area contributed by atoms with E-state index < -0.39 is 11.6 Å². The minimum atomic E-state index is -0.464. The summed E-state index contributed by atoms with van der Waals surface area (Å²) in [6.07, 6.45) is 3.18. The zero-order valence-corrected chi connectivity index (χ0v) is 12.3. The third-order valence-corrected chi connectivity index (χ3v) is 4.41. The maximum absolute atomic E-state index is 14.2. The molecule has 1 aliphatic heterocycles. The van der Waals surface area contributed by atoms with E-state index in [0.717, 1.165) is 25.6 Å². The summed E-state index contributed by atoms with van der Waals surface area (Å²) in [5, 5.41) is 0. The van der Waals surface area contributed by atoms with E-state index in [4.69, 9.17) is 5.73 Å². The maximum atomic E-state index is 14.2. The van der Waals surface area contributed by atoms with E-state index in [1.165, 1.54) is 25.0 Å². The molecule has 0 spiro atoms. The van der Waals surface area contributed by atoms with Crippen molar-refractivity contribution in [3.05, 3.63) is 29.3 Å². The number of piperazine rings is 1. The molecule has 0 aromatic heterocycles. The summed E-state index contributed by atoms with van der Waals surface area (Å²) in [5.74, 6) is -0.0660. The van der Waals surface area contributed by atoms with Crippen LogP contribution in [-0.2, 0) is 6.42 Å². The lowest BCUT2D eigenvalue weighted by atomic mass is 10.1. The summed E-state index contributed by atoms with van der Waals surface area (Å²) in [7, 11) is 0. The highest BCUT2D eigenvalue weighted by atomic mass is 19.1. The third-order valence-electron chi connectivity index (χ3n) is 4.41. The average Bonchev–Trinajstić information content (AvgIpc) is 3.24. The number of anilines is 1. The molecular weight excluding hydrogens is 272 g/mol. The number of rotatable bonds is 5. The van der Waals surface area contributed by atoms with Crippen LogP contribution in [0, 0.1) is 17.6 Å². The van der Waals surface area contributed by atoms with E-state index in [-0.39, 0.29) is 5.69 Å². The standard InChI is InChI=1S/C16H23F2N3/c17-14-9-13(3-4-19)10-15(18)16(14)21-7-5-20(6-8-21)11-12-1-2-12/h9-10,12H,1-8,11,19H2. The van der Waals surface area contributed by atoms with Crippen molar-refractivity contribution in [3.8, 4) is 0 Å². The van der Waals surface area contributed by atoms with Crippen LogP contribution in [0.15, 0.2) is 12.1 Å². The van der Waals surface area contributed by atoms with Crippen molar-refractivity contribution in [2.24, 2.45) is 11.7 Å². The summed E-state index contributed by atoms with van der Waals surface area (Å²) in [4.78, 5) is 4.24. The molecule has 0 amide bonds. The lowest BCUT2D eigenvalue weighted by Gasteiger charge is -2.36. The molecule has 1 aliphatic carbocycles. The number of hydrogen-bond acceptors (Lipinski definition) is 3. The van der Waals surface area contributed by atoms with Crippen molar-refractivity contribution in [2.75, 3.05) is 44.2 Å². The van der Waals surface area contributed by atoms with Gasteiger partial charge in [-0.2, -0.15) is 0 Å². The number of benzene rings is 1. The first-order valence-electron chi connectivity index (χ1n) is 7.82. The number of hydrogen-bond donors (Lipinski definition) is 1. The van der Waals surface area contributed by atoms with Gasteiger partial charge in [0.05, 0.1) is 0 Å². The van der Waals surface area contributed by atoms with Gasteiger partial charge >= 0.3 is 0 Å². The number of nitrogens with two attached hydrogens (primary N) is 1. The van der Waals surface area contributed by atoms with Crippen LogP contribution in [0.1, 0.15) is 18.4 Å². The first-order chi connectivity index (χ1) is 10.2. The summed E-state index contributed by atoms with van der Waals surface area (Å²) in [5.41, 5.74) is 6.20. The predicted octanol–water partition coefficient (Wildman–Crippen LogP) is 2.00. The molecule has 1 aromatic rings. The average molecular weight is 295 g/mol. The normalized spacial score (nSPS) is 20.0. The lowest BCUT2D eigenvalue weighted by molar-refractivity contribution is 0.247. The first kappa shape index (κ1) is 14.7. The van der Waals surface area contributed by atoms with Crippen LogP contribution >= 0.6 is 0 Å².